The van der Waals surface area contributed by atoms with Gasteiger partial charge in [-0.25, -0.2) is 0 Å². The summed E-state index contributed by atoms with van der Waals surface area (Å²) in [5, 5.41) is 0.454. The van der Waals surface area contributed by atoms with E-state index in [0.717, 1.165) is 11.1 Å². The molecule has 1 aromatic rings. The molecule has 2 aliphatic rings. The highest BCUT2D eigenvalue weighted by Gasteiger charge is 2.77. The van der Waals surface area contributed by atoms with Crippen molar-refractivity contribution in [2.24, 2.45) is 0 Å². The maximum atomic E-state index is 6.88. The van der Waals surface area contributed by atoms with Gasteiger partial charge in [0.2, 0.25) is 5.79 Å². The summed E-state index contributed by atoms with van der Waals surface area (Å²) in [5.74, 6) is -1.40. The molecular weight excluding hydrogens is 354 g/mol. The molecule has 0 aromatic heterocycles. The highest BCUT2D eigenvalue weighted by atomic mass is 35.5. The van der Waals surface area contributed by atoms with Crippen LogP contribution in [0.2, 0.25) is 0 Å². The van der Waals surface area contributed by atoms with Crippen molar-refractivity contribution < 1.29 is 9.47 Å². The lowest BCUT2D eigenvalue weighted by Crippen LogP contribution is -2.57. The Labute approximate surface area is 143 Å². The van der Waals surface area contributed by atoms with Crippen LogP contribution in [-0.2, 0) is 9.47 Å². The Bertz CT molecular complexity index is 651. The van der Waals surface area contributed by atoms with E-state index in [9.17, 15) is 0 Å². The van der Waals surface area contributed by atoms with Crippen molar-refractivity contribution in [2.45, 2.75) is 15.5 Å². The molecule has 0 fully saturated rings. The number of ether oxygens (including phenoxy) is 2. The first kappa shape index (κ1) is 15.7. The Kier molecular flexibility index (Phi) is 3.65. The van der Waals surface area contributed by atoms with Crippen molar-refractivity contribution in [3.8, 4) is 0 Å². The summed E-state index contributed by atoms with van der Waals surface area (Å²) in [6.45, 7) is 0. The molecule has 2 nitrogen and oxygen atoms in total. The number of benzene rings is 1. The number of halogens is 4. The van der Waals surface area contributed by atoms with Gasteiger partial charge < -0.3 is 9.47 Å². The van der Waals surface area contributed by atoms with Crippen LogP contribution in [0.15, 0.2) is 46.5 Å². The molecule has 21 heavy (non-hydrogen) atoms. The zero-order chi connectivity index (χ0) is 15.5. The van der Waals surface area contributed by atoms with Crippen molar-refractivity contribution >= 4 is 52.0 Å². The van der Waals surface area contributed by atoms with Gasteiger partial charge in [-0.2, -0.15) is 0 Å². The third kappa shape index (κ3) is 1.59. The van der Waals surface area contributed by atoms with Gasteiger partial charge in [-0.1, -0.05) is 53.5 Å². The summed E-state index contributed by atoms with van der Waals surface area (Å²) in [6.07, 6.45) is 1.76. The first-order chi connectivity index (χ1) is 9.89. The van der Waals surface area contributed by atoms with Gasteiger partial charge in [-0.15, -0.1) is 23.2 Å². The molecule has 6 heteroatoms. The SMILES string of the molecule is COC1(OC)[C@@]2(Cl)C(c3ccccc3)=C[C@]1(Cl)C(Cl)=C2Cl. The highest BCUT2D eigenvalue weighted by molar-refractivity contribution is 6.55. The molecule has 112 valence electrons. The summed E-state index contributed by atoms with van der Waals surface area (Å²) in [5.41, 5.74) is 1.61. The maximum Gasteiger partial charge on any atom is 0.225 e. The molecule has 0 heterocycles. The van der Waals surface area contributed by atoms with Crippen LogP contribution < -0.4 is 0 Å². The minimum atomic E-state index is -1.40. The molecule has 0 saturated heterocycles. The normalized spacial score (nSPS) is 33.5. The van der Waals surface area contributed by atoms with Crippen LogP contribution >= 0.6 is 46.4 Å². The molecule has 2 bridgehead atoms. The lowest BCUT2D eigenvalue weighted by molar-refractivity contribution is -0.211. The van der Waals surface area contributed by atoms with Crippen LogP contribution in [0.3, 0.4) is 0 Å². The van der Waals surface area contributed by atoms with Crippen LogP contribution in [0.4, 0.5) is 0 Å². The second-order valence-corrected chi connectivity index (χ2v) is 6.87. The first-order valence-corrected chi connectivity index (χ1v) is 7.73. The zero-order valence-corrected chi connectivity index (χ0v) is 14.3. The van der Waals surface area contributed by atoms with E-state index in [2.05, 4.69) is 0 Å². The molecule has 0 radical (unpaired) electrons. The van der Waals surface area contributed by atoms with Gasteiger partial charge in [0.15, 0.2) is 9.75 Å². The lowest BCUT2D eigenvalue weighted by atomic mass is 9.91. The summed E-state index contributed by atoms with van der Waals surface area (Å²) in [7, 11) is 2.94. The van der Waals surface area contributed by atoms with Gasteiger partial charge in [0, 0.05) is 14.2 Å². The lowest BCUT2D eigenvalue weighted by Gasteiger charge is -2.41. The van der Waals surface area contributed by atoms with Gasteiger partial charge in [0.05, 0.1) is 10.1 Å². The van der Waals surface area contributed by atoms with Gasteiger partial charge in [-0.3, -0.25) is 0 Å². The Morgan fingerprint density at radius 3 is 1.95 bits per heavy atom. The quantitative estimate of drug-likeness (QED) is 0.569. The number of methoxy groups -OCH3 is 2. The zero-order valence-electron chi connectivity index (χ0n) is 11.3. The van der Waals surface area contributed by atoms with Gasteiger partial charge >= 0.3 is 0 Å². The number of hydrogen-bond donors (Lipinski definition) is 0. The van der Waals surface area contributed by atoms with Crippen molar-refractivity contribution in [3.63, 3.8) is 0 Å². The predicted octanol–water partition coefficient (Wildman–Crippen LogP) is 4.73. The van der Waals surface area contributed by atoms with E-state index >= 15 is 0 Å². The summed E-state index contributed by atoms with van der Waals surface area (Å²) >= 11 is 26.3. The summed E-state index contributed by atoms with van der Waals surface area (Å²) in [6, 6.07) is 9.57. The number of rotatable bonds is 3. The third-order valence-corrected chi connectivity index (χ3v) is 6.56. The Balaban J connectivity index is 2.28. The van der Waals surface area contributed by atoms with E-state index in [1.165, 1.54) is 14.2 Å². The second-order valence-electron chi connectivity index (χ2n) is 4.95. The number of alkyl halides is 2. The van der Waals surface area contributed by atoms with Gasteiger partial charge in [-0.05, 0) is 17.2 Å². The molecule has 0 saturated carbocycles. The van der Waals surface area contributed by atoms with Crippen LogP contribution in [-0.4, -0.2) is 29.8 Å². The average Bonchev–Trinajstić information content (AvgIpc) is 2.79. The van der Waals surface area contributed by atoms with Crippen molar-refractivity contribution in [1.29, 1.82) is 0 Å². The van der Waals surface area contributed by atoms with Crippen LogP contribution in [0.1, 0.15) is 5.56 Å². The van der Waals surface area contributed by atoms with Crippen molar-refractivity contribution in [1.82, 2.24) is 0 Å². The number of hydrogen-bond acceptors (Lipinski definition) is 2. The van der Waals surface area contributed by atoms with Crippen molar-refractivity contribution in [2.75, 3.05) is 14.2 Å². The standard InChI is InChI=1S/C15H12Cl4O2/c1-20-15(21-2)13(18)8-10(9-6-4-3-5-7-9)14(15,19)12(17)11(13)16/h3-8H,1-2H3/t13-,14+/m0/s1. The predicted molar refractivity (Wildman–Crippen MR) is 87.1 cm³/mol. The summed E-state index contributed by atoms with van der Waals surface area (Å²) < 4.78 is 11.2. The summed E-state index contributed by atoms with van der Waals surface area (Å²) in [4.78, 5) is -2.56. The van der Waals surface area contributed by atoms with Gasteiger partial charge in [0.25, 0.3) is 0 Å². The maximum absolute atomic E-state index is 6.88. The molecule has 0 N–H and O–H groups in total. The van der Waals surface area contributed by atoms with Crippen LogP contribution in [0.25, 0.3) is 5.57 Å². The monoisotopic (exact) mass is 364 g/mol. The minimum absolute atomic E-state index is 0.226. The fourth-order valence-corrected chi connectivity index (χ4v) is 5.07. The van der Waals surface area contributed by atoms with E-state index in [1.807, 2.05) is 30.3 Å². The Hall–Kier alpha value is -0.220. The fraction of sp³-hybridized carbons (Fsp3) is 0.333. The smallest absolute Gasteiger partial charge is 0.225 e. The average molecular weight is 366 g/mol. The van der Waals surface area contributed by atoms with E-state index in [4.69, 9.17) is 55.9 Å². The van der Waals surface area contributed by atoms with E-state index in [0.29, 0.717) is 0 Å². The second kappa shape index (κ2) is 4.89. The van der Waals surface area contributed by atoms with E-state index < -0.39 is 15.5 Å². The fourth-order valence-electron chi connectivity index (χ4n) is 3.16. The molecule has 1 aromatic carbocycles. The molecule has 2 aliphatic carbocycles. The molecule has 2 atom stereocenters. The molecular formula is C15H12Cl4O2. The molecule has 0 unspecified atom stereocenters. The Morgan fingerprint density at radius 2 is 1.48 bits per heavy atom. The van der Waals surface area contributed by atoms with E-state index in [1.54, 1.807) is 6.08 Å². The highest BCUT2D eigenvalue weighted by Crippen LogP contribution is 2.70. The Morgan fingerprint density at radius 1 is 0.905 bits per heavy atom. The van der Waals surface area contributed by atoms with Crippen molar-refractivity contribution in [3.05, 3.63) is 52.0 Å². The van der Waals surface area contributed by atoms with Gasteiger partial charge in [0.1, 0.15) is 0 Å². The molecule has 0 aliphatic heterocycles. The van der Waals surface area contributed by atoms with E-state index in [-0.39, 0.29) is 10.1 Å². The minimum Gasteiger partial charge on any atom is -0.349 e. The first-order valence-electron chi connectivity index (χ1n) is 6.22. The molecule has 0 spiro atoms. The van der Waals surface area contributed by atoms with Crippen LogP contribution in [0, 0.1) is 0 Å². The molecule has 0 amide bonds. The largest absolute Gasteiger partial charge is 0.349 e. The topological polar surface area (TPSA) is 18.5 Å². The third-order valence-electron chi connectivity index (χ3n) is 4.12. The van der Waals surface area contributed by atoms with Crippen LogP contribution in [0.5, 0.6) is 0 Å². The number of fused-ring (bicyclic) bond motifs is 2. The molecule has 3 rings (SSSR count).